The van der Waals surface area contributed by atoms with Crippen molar-refractivity contribution in [1.82, 2.24) is 10.2 Å². The van der Waals surface area contributed by atoms with Crippen molar-refractivity contribution >= 4 is 5.91 Å². The van der Waals surface area contributed by atoms with Crippen molar-refractivity contribution < 1.29 is 14.3 Å². The highest BCUT2D eigenvalue weighted by Crippen LogP contribution is 2.31. The van der Waals surface area contributed by atoms with Crippen molar-refractivity contribution in [3.63, 3.8) is 0 Å². The van der Waals surface area contributed by atoms with Gasteiger partial charge in [0.1, 0.15) is 13.0 Å². The molecule has 1 aromatic carbocycles. The first kappa shape index (κ1) is 18.1. The molecule has 1 aliphatic heterocycles. The van der Waals surface area contributed by atoms with Crippen molar-refractivity contribution in [2.75, 3.05) is 33.4 Å². The summed E-state index contributed by atoms with van der Waals surface area (Å²) in [5, 5.41) is 11.3. The summed E-state index contributed by atoms with van der Waals surface area (Å²) >= 11 is 0. The largest absolute Gasteiger partial charge is 0.493 e. The van der Waals surface area contributed by atoms with Crippen molar-refractivity contribution in [2.45, 2.75) is 32.2 Å². The van der Waals surface area contributed by atoms with Gasteiger partial charge in [0.2, 0.25) is 5.91 Å². The zero-order valence-corrected chi connectivity index (χ0v) is 14.2. The highest BCUT2D eigenvalue weighted by molar-refractivity contribution is 5.78. The van der Waals surface area contributed by atoms with Gasteiger partial charge in [-0.15, -0.1) is 0 Å². The molecule has 1 N–H and O–H groups in total. The van der Waals surface area contributed by atoms with Gasteiger partial charge in [0.25, 0.3) is 0 Å². The third-order valence-corrected chi connectivity index (χ3v) is 4.10. The Balaban J connectivity index is 1.95. The molecule has 0 radical (unpaired) electrons. The lowest BCUT2D eigenvalue weighted by Gasteiger charge is -2.26. The molecule has 1 heterocycles. The first-order valence-corrected chi connectivity index (χ1v) is 8.39. The maximum Gasteiger partial charge on any atom is 0.234 e. The van der Waals surface area contributed by atoms with Crippen LogP contribution in [0.3, 0.4) is 0 Å². The van der Waals surface area contributed by atoms with E-state index in [1.54, 1.807) is 7.11 Å². The van der Waals surface area contributed by atoms with Gasteiger partial charge in [0, 0.05) is 18.7 Å². The van der Waals surface area contributed by atoms with Crippen LogP contribution in [0.2, 0.25) is 0 Å². The van der Waals surface area contributed by atoms with E-state index in [0.29, 0.717) is 24.7 Å². The van der Waals surface area contributed by atoms with Crippen molar-refractivity contribution in [3.8, 4) is 17.6 Å². The number of rotatable bonds is 8. The summed E-state index contributed by atoms with van der Waals surface area (Å²) in [5.74, 6) is 1.02. The fraction of sp³-hybridized carbons (Fsp3) is 0.556. The van der Waals surface area contributed by atoms with Gasteiger partial charge in [0.15, 0.2) is 11.5 Å². The molecule has 6 heteroatoms. The van der Waals surface area contributed by atoms with Gasteiger partial charge in [-0.1, -0.05) is 18.6 Å². The molecule has 0 atom stereocenters. The predicted molar refractivity (Wildman–Crippen MR) is 90.9 cm³/mol. The van der Waals surface area contributed by atoms with Crippen LogP contribution in [0.5, 0.6) is 11.5 Å². The quantitative estimate of drug-likeness (QED) is 0.789. The van der Waals surface area contributed by atoms with E-state index in [0.717, 1.165) is 25.2 Å². The fourth-order valence-corrected chi connectivity index (χ4v) is 2.81. The van der Waals surface area contributed by atoms with Gasteiger partial charge in [-0.2, -0.15) is 5.26 Å². The van der Waals surface area contributed by atoms with Crippen LogP contribution in [-0.4, -0.2) is 44.2 Å². The molecule has 0 spiro atoms. The van der Waals surface area contributed by atoms with Crippen LogP contribution in [0.15, 0.2) is 18.2 Å². The summed E-state index contributed by atoms with van der Waals surface area (Å²) in [4.78, 5) is 13.9. The summed E-state index contributed by atoms with van der Waals surface area (Å²) in [6.07, 6.45) is 3.68. The number of carbonyl (C=O) groups is 1. The Morgan fingerprint density at radius 3 is 2.83 bits per heavy atom. The van der Waals surface area contributed by atoms with Gasteiger partial charge >= 0.3 is 0 Å². The number of hydrogen-bond donors (Lipinski definition) is 1. The van der Waals surface area contributed by atoms with Crippen LogP contribution in [0.25, 0.3) is 0 Å². The molecule has 1 fully saturated rings. The molecule has 1 amide bonds. The molecule has 2 rings (SSSR count). The number of nitrogens with zero attached hydrogens (tertiary/aromatic N) is 2. The maximum atomic E-state index is 11.5. The molecule has 0 bridgehead atoms. The molecular weight excluding hydrogens is 306 g/mol. The number of hydrogen-bond acceptors (Lipinski definition) is 5. The lowest BCUT2D eigenvalue weighted by atomic mass is 10.1. The van der Waals surface area contributed by atoms with Crippen molar-refractivity contribution in [1.29, 1.82) is 5.26 Å². The van der Waals surface area contributed by atoms with Gasteiger partial charge in [-0.3, -0.25) is 9.69 Å². The Labute approximate surface area is 143 Å². The molecule has 6 nitrogen and oxygen atoms in total. The van der Waals surface area contributed by atoms with Gasteiger partial charge in [0.05, 0.1) is 13.2 Å². The number of para-hydroxylation sites is 1. The number of nitriles is 1. The van der Waals surface area contributed by atoms with Crippen LogP contribution >= 0.6 is 0 Å². The molecule has 0 aromatic heterocycles. The van der Waals surface area contributed by atoms with Gasteiger partial charge < -0.3 is 14.8 Å². The summed E-state index contributed by atoms with van der Waals surface area (Å²) in [6.45, 7) is 4.05. The van der Waals surface area contributed by atoms with Crippen molar-refractivity contribution in [2.24, 2.45) is 0 Å². The number of methoxy groups -OCH3 is 1. The van der Waals surface area contributed by atoms with Crippen LogP contribution in [-0.2, 0) is 11.3 Å². The second kappa shape index (κ2) is 9.78. The number of nitrogens with one attached hydrogen (secondary N) is 1. The SMILES string of the molecule is COc1cccc(CNC(=O)CC#N)c1OCCN1CCCCC1. The Kier molecular flexibility index (Phi) is 7.37. The minimum atomic E-state index is -0.292. The smallest absolute Gasteiger partial charge is 0.234 e. The van der Waals surface area contributed by atoms with Crippen LogP contribution in [0, 0.1) is 11.3 Å². The van der Waals surface area contributed by atoms with E-state index >= 15 is 0 Å². The topological polar surface area (TPSA) is 74.6 Å². The second-order valence-electron chi connectivity index (χ2n) is 5.81. The van der Waals surface area contributed by atoms with E-state index in [-0.39, 0.29) is 12.3 Å². The standard InChI is InChI=1S/C18H25N3O3/c1-23-16-7-5-6-15(14-20-17(22)8-9-19)18(16)24-13-12-21-10-3-2-4-11-21/h5-7H,2-4,8,10-14H2,1H3,(H,20,22). The number of amides is 1. The number of piperidine rings is 1. The number of ether oxygens (including phenoxy) is 2. The first-order chi connectivity index (χ1) is 11.7. The van der Waals surface area contributed by atoms with E-state index < -0.39 is 0 Å². The molecule has 1 aliphatic rings. The Morgan fingerprint density at radius 2 is 2.12 bits per heavy atom. The van der Waals surface area contributed by atoms with Crippen LogP contribution in [0.1, 0.15) is 31.2 Å². The molecule has 0 aliphatic carbocycles. The monoisotopic (exact) mass is 331 g/mol. The van der Waals surface area contributed by atoms with E-state index in [9.17, 15) is 4.79 Å². The third-order valence-electron chi connectivity index (χ3n) is 4.10. The summed E-state index contributed by atoms with van der Waals surface area (Å²) in [5.41, 5.74) is 0.847. The number of benzene rings is 1. The highest BCUT2D eigenvalue weighted by atomic mass is 16.5. The zero-order chi connectivity index (χ0) is 17.2. The molecule has 0 unspecified atom stereocenters. The van der Waals surface area contributed by atoms with Crippen LogP contribution in [0.4, 0.5) is 0 Å². The summed E-state index contributed by atoms with van der Waals surface area (Å²) in [7, 11) is 1.60. The third kappa shape index (κ3) is 5.43. The van der Waals surface area contributed by atoms with E-state index in [4.69, 9.17) is 14.7 Å². The predicted octanol–water partition coefficient (Wildman–Crippen LogP) is 2.09. The molecule has 24 heavy (non-hydrogen) atoms. The van der Waals surface area contributed by atoms with Gasteiger partial charge in [-0.25, -0.2) is 0 Å². The minimum absolute atomic E-state index is 0.144. The number of carbonyl (C=O) groups excluding carboxylic acids is 1. The Hall–Kier alpha value is -2.26. The second-order valence-corrected chi connectivity index (χ2v) is 5.81. The lowest BCUT2D eigenvalue weighted by molar-refractivity contribution is -0.120. The van der Waals surface area contributed by atoms with E-state index in [2.05, 4.69) is 10.2 Å². The molecule has 130 valence electrons. The summed E-state index contributed by atoms with van der Waals surface area (Å²) in [6, 6.07) is 7.44. The molecular formula is C18H25N3O3. The average Bonchev–Trinajstić information content (AvgIpc) is 2.61. The Bertz CT molecular complexity index is 577. The maximum absolute atomic E-state index is 11.5. The van der Waals surface area contributed by atoms with Crippen molar-refractivity contribution in [3.05, 3.63) is 23.8 Å². The molecule has 1 aromatic rings. The van der Waals surface area contributed by atoms with E-state index in [1.165, 1.54) is 19.3 Å². The molecule has 1 saturated heterocycles. The lowest BCUT2D eigenvalue weighted by Crippen LogP contribution is -2.33. The zero-order valence-electron chi connectivity index (χ0n) is 14.2. The fourth-order valence-electron chi connectivity index (χ4n) is 2.81. The minimum Gasteiger partial charge on any atom is -0.493 e. The van der Waals surface area contributed by atoms with Gasteiger partial charge in [-0.05, 0) is 32.0 Å². The van der Waals surface area contributed by atoms with Crippen LogP contribution < -0.4 is 14.8 Å². The normalized spacial score (nSPS) is 14.7. The highest BCUT2D eigenvalue weighted by Gasteiger charge is 2.14. The first-order valence-electron chi connectivity index (χ1n) is 8.39. The average molecular weight is 331 g/mol. The summed E-state index contributed by atoms with van der Waals surface area (Å²) < 4.78 is 11.4. The Morgan fingerprint density at radius 1 is 1.33 bits per heavy atom. The molecule has 0 saturated carbocycles. The van der Waals surface area contributed by atoms with E-state index in [1.807, 2.05) is 24.3 Å². The number of likely N-dealkylation sites (tertiary alicyclic amines) is 1.